The molecule has 0 aliphatic rings. The highest BCUT2D eigenvalue weighted by molar-refractivity contribution is 9.10. The lowest BCUT2D eigenvalue weighted by Gasteiger charge is -2.11. The van der Waals surface area contributed by atoms with Gasteiger partial charge >= 0.3 is 0 Å². The van der Waals surface area contributed by atoms with Crippen molar-refractivity contribution in [1.29, 1.82) is 0 Å². The summed E-state index contributed by atoms with van der Waals surface area (Å²) >= 11 is 9.31. The Bertz CT molecular complexity index is 691. The molecule has 0 radical (unpaired) electrons. The minimum absolute atomic E-state index is 0.103. The molecule has 0 saturated heterocycles. The molecule has 0 unspecified atom stereocenters. The zero-order valence-corrected chi connectivity index (χ0v) is 13.3. The Kier molecular flexibility index (Phi) is 4.82. The van der Waals surface area contributed by atoms with Crippen LogP contribution >= 0.6 is 27.5 Å². The number of nitrogens with zero attached hydrogens (tertiary/aromatic N) is 1. The maximum absolute atomic E-state index is 10.8. The van der Waals surface area contributed by atoms with Crippen molar-refractivity contribution in [2.45, 2.75) is 13.0 Å². The first-order chi connectivity index (χ1) is 9.88. The van der Waals surface area contributed by atoms with Crippen LogP contribution in [-0.4, -0.2) is 10.0 Å². The summed E-state index contributed by atoms with van der Waals surface area (Å²) in [6, 6.07) is 9.00. The number of hydrogen-bond acceptors (Lipinski definition) is 4. The maximum atomic E-state index is 10.8. The molecular weight excluding hydrogens is 362 g/mol. The lowest BCUT2D eigenvalue weighted by Crippen LogP contribution is -1.94. The number of aliphatic hydroxyl groups excluding tert-OH is 1. The first-order valence-corrected chi connectivity index (χ1v) is 7.15. The molecule has 0 bridgehead atoms. The Morgan fingerprint density at radius 2 is 2.05 bits per heavy atom. The SMILES string of the molecule is C[C@@H](O)c1ccc(Oc2cc([N+](=O)[O-])ccc2Cl)cc1Br. The number of aliphatic hydroxyl groups is 1. The van der Waals surface area contributed by atoms with Crippen LogP contribution in [-0.2, 0) is 0 Å². The van der Waals surface area contributed by atoms with E-state index < -0.39 is 11.0 Å². The molecule has 0 aliphatic carbocycles. The maximum Gasteiger partial charge on any atom is 0.273 e. The number of nitro groups is 1. The van der Waals surface area contributed by atoms with Crippen molar-refractivity contribution in [3.8, 4) is 11.5 Å². The third-order valence-corrected chi connectivity index (χ3v) is 3.77. The van der Waals surface area contributed by atoms with Crippen LogP contribution in [0.2, 0.25) is 5.02 Å². The molecule has 0 amide bonds. The van der Waals surface area contributed by atoms with Crippen molar-refractivity contribution in [3.63, 3.8) is 0 Å². The molecule has 0 heterocycles. The van der Waals surface area contributed by atoms with E-state index in [1.54, 1.807) is 25.1 Å². The van der Waals surface area contributed by atoms with E-state index in [4.69, 9.17) is 16.3 Å². The van der Waals surface area contributed by atoms with E-state index in [2.05, 4.69) is 15.9 Å². The third-order valence-electron chi connectivity index (χ3n) is 2.78. The number of ether oxygens (including phenoxy) is 1. The van der Waals surface area contributed by atoms with E-state index in [1.165, 1.54) is 18.2 Å². The lowest BCUT2D eigenvalue weighted by molar-refractivity contribution is -0.384. The van der Waals surface area contributed by atoms with Gasteiger partial charge in [0.1, 0.15) is 5.75 Å². The monoisotopic (exact) mass is 371 g/mol. The minimum Gasteiger partial charge on any atom is -0.455 e. The summed E-state index contributed by atoms with van der Waals surface area (Å²) in [7, 11) is 0. The number of hydrogen-bond donors (Lipinski definition) is 1. The zero-order chi connectivity index (χ0) is 15.6. The fourth-order valence-corrected chi connectivity index (χ4v) is 2.57. The van der Waals surface area contributed by atoms with E-state index in [1.807, 2.05) is 0 Å². The molecular formula is C14H11BrClNO4. The van der Waals surface area contributed by atoms with Gasteiger partial charge in [0.15, 0.2) is 5.75 Å². The fourth-order valence-electron chi connectivity index (χ4n) is 1.72. The number of rotatable bonds is 4. The van der Waals surface area contributed by atoms with Crippen LogP contribution in [0, 0.1) is 10.1 Å². The summed E-state index contributed by atoms with van der Waals surface area (Å²) in [5.74, 6) is 0.649. The number of non-ortho nitro benzene ring substituents is 1. The number of halogens is 2. The van der Waals surface area contributed by atoms with Crippen LogP contribution in [0.15, 0.2) is 40.9 Å². The van der Waals surface area contributed by atoms with Crippen molar-refractivity contribution in [1.82, 2.24) is 0 Å². The Morgan fingerprint density at radius 1 is 1.33 bits per heavy atom. The second-order valence-corrected chi connectivity index (χ2v) is 5.59. The smallest absolute Gasteiger partial charge is 0.273 e. The molecule has 0 aromatic heterocycles. The van der Waals surface area contributed by atoms with E-state index in [0.717, 1.165) is 0 Å². The van der Waals surface area contributed by atoms with Gasteiger partial charge in [0, 0.05) is 10.5 Å². The molecule has 5 nitrogen and oxygen atoms in total. The molecule has 0 saturated carbocycles. The Morgan fingerprint density at radius 3 is 2.62 bits per heavy atom. The molecule has 0 spiro atoms. The standard InChI is InChI=1S/C14H11BrClNO4/c1-8(18)11-4-3-10(7-12(11)15)21-14-6-9(17(19)20)2-5-13(14)16/h2-8,18H,1H3/t8-/m1/s1. The quantitative estimate of drug-likeness (QED) is 0.614. The van der Waals surface area contributed by atoms with Gasteiger partial charge in [-0.15, -0.1) is 0 Å². The van der Waals surface area contributed by atoms with Crippen molar-refractivity contribution >= 4 is 33.2 Å². The summed E-state index contributed by atoms with van der Waals surface area (Å²) in [5, 5.41) is 20.6. The average Bonchev–Trinajstić information content (AvgIpc) is 2.40. The molecule has 0 fully saturated rings. The van der Waals surface area contributed by atoms with E-state index in [9.17, 15) is 15.2 Å². The van der Waals surface area contributed by atoms with Gasteiger partial charge < -0.3 is 9.84 Å². The molecule has 0 aliphatic heterocycles. The average molecular weight is 373 g/mol. The molecule has 2 rings (SSSR count). The summed E-state index contributed by atoms with van der Waals surface area (Å²) in [6.45, 7) is 1.65. The van der Waals surface area contributed by atoms with E-state index in [-0.39, 0.29) is 16.5 Å². The molecule has 2 aromatic rings. The van der Waals surface area contributed by atoms with Gasteiger partial charge in [-0.2, -0.15) is 0 Å². The zero-order valence-electron chi connectivity index (χ0n) is 10.9. The number of nitro benzene ring substituents is 1. The van der Waals surface area contributed by atoms with E-state index in [0.29, 0.717) is 15.8 Å². The first kappa shape index (κ1) is 15.8. The number of benzene rings is 2. The van der Waals surface area contributed by atoms with Crippen LogP contribution in [0.5, 0.6) is 11.5 Å². The van der Waals surface area contributed by atoms with Crippen LogP contribution in [0.1, 0.15) is 18.6 Å². The predicted octanol–water partition coefficient (Wildman–Crippen LogP) is 4.86. The van der Waals surface area contributed by atoms with Crippen LogP contribution in [0.25, 0.3) is 0 Å². The normalized spacial score (nSPS) is 12.0. The summed E-state index contributed by atoms with van der Waals surface area (Å²) in [4.78, 5) is 10.2. The predicted molar refractivity (Wildman–Crippen MR) is 83.0 cm³/mol. The molecule has 110 valence electrons. The van der Waals surface area contributed by atoms with Gasteiger partial charge in [-0.1, -0.05) is 33.6 Å². The Labute approximate surface area is 134 Å². The van der Waals surface area contributed by atoms with Crippen LogP contribution in [0.3, 0.4) is 0 Å². The van der Waals surface area contributed by atoms with Gasteiger partial charge in [-0.05, 0) is 30.7 Å². The topological polar surface area (TPSA) is 72.6 Å². The fraction of sp³-hybridized carbons (Fsp3) is 0.143. The lowest BCUT2D eigenvalue weighted by atomic mass is 10.1. The van der Waals surface area contributed by atoms with Crippen molar-refractivity contribution < 1.29 is 14.8 Å². The van der Waals surface area contributed by atoms with Crippen molar-refractivity contribution in [3.05, 3.63) is 61.6 Å². The Balaban J connectivity index is 2.32. The highest BCUT2D eigenvalue weighted by atomic mass is 79.9. The third kappa shape index (κ3) is 3.72. The van der Waals surface area contributed by atoms with Gasteiger partial charge in [0.2, 0.25) is 0 Å². The van der Waals surface area contributed by atoms with E-state index >= 15 is 0 Å². The molecule has 1 N–H and O–H groups in total. The van der Waals surface area contributed by atoms with Gasteiger partial charge in [-0.25, -0.2) is 0 Å². The Hall–Kier alpha value is -1.63. The van der Waals surface area contributed by atoms with Gasteiger partial charge in [0.25, 0.3) is 5.69 Å². The second kappa shape index (κ2) is 6.43. The first-order valence-electron chi connectivity index (χ1n) is 5.98. The van der Waals surface area contributed by atoms with Crippen molar-refractivity contribution in [2.24, 2.45) is 0 Å². The highest BCUT2D eigenvalue weighted by Crippen LogP contribution is 2.35. The molecule has 21 heavy (non-hydrogen) atoms. The summed E-state index contributed by atoms with van der Waals surface area (Å²) in [6.07, 6.45) is -0.616. The highest BCUT2D eigenvalue weighted by Gasteiger charge is 2.13. The molecule has 2 aromatic carbocycles. The summed E-state index contributed by atoms with van der Waals surface area (Å²) < 4.78 is 6.24. The van der Waals surface area contributed by atoms with Crippen molar-refractivity contribution in [2.75, 3.05) is 0 Å². The molecule has 7 heteroatoms. The van der Waals surface area contributed by atoms with Crippen LogP contribution < -0.4 is 4.74 Å². The minimum atomic E-state index is -0.616. The largest absolute Gasteiger partial charge is 0.455 e. The molecule has 1 atom stereocenters. The summed E-state index contributed by atoms with van der Waals surface area (Å²) in [5.41, 5.74) is 0.613. The van der Waals surface area contributed by atoms with Gasteiger partial charge in [0.05, 0.1) is 22.1 Å². The van der Waals surface area contributed by atoms with Gasteiger partial charge in [-0.3, -0.25) is 10.1 Å². The van der Waals surface area contributed by atoms with Crippen LogP contribution in [0.4, 0.5) is 5.69 Å². The second-order valence-electron chi connectivity index (χ2n) is 4.33.